The van der Waals surface area contributed by atoms with Crippen molar-refractivity contribution in [2.24, 2.45) is 5.73 Å². The standard InChI is InChI=1S/C17H18N2O4/c1-22-17(21)13-6-7-23-15(13)10-19-9-12-5-3-2-4-11(12)8-14(19)16(18)20/h2-7,14H,8-10H2,1H3,(H2,18,20)/t14-/m1/s1. The van der Waals surface area contributed by atoms with Gasteiger partial charge in [0.2, 0.25) is 5.91 Å². The van der Waals surface area contributed by atoms with Crippen LogP contribution < -0.4 is 5.73 Å². The molecule has 0 aliphatic carbocycles. The number of benzene rings is 1. The van der Waals surface area contributed by atoms with E-state index < -0.39 is 12.0 Å². The Morgan fingerprint density at radius 1 is 1.30 bits per heavy atom. The van der Waals surface area contributed by atoms with E-state index in [2.05, 4.69) is 0 Å². The Morgan fingerprint density at radius 3 is 2.74 bits per heavy atom. The molecule has 1 aliphatic heterocycles. The molecular weight excluding hydrogens is 296 g/mol. The van der Waals surface area contributed by atoms with Crippen molar-refractivity contribution in [3.8, 4) is 0 Å². The minimum Gasteiger partial charge on any atom is -0.467 e. The molecule has 2 aromatic rings. The fraction of sp³-hybridized carbons (Fsp3) is 0.294. The zero-order chi connectivity index (χ0) is 16.4. The van der Waals surface area contributed by atoms with Crippen LogP contribution in [-0.4, -0.2) is 29.9 Å². The molecule has 6 nitrogen and oxygen atoms in total. The lowest BCUT2D eigenvalue weighted by molar-refractivity contribution is -0.124. The van der Waals surface area contributed by atoms with Gasteiger partial charge in [0, 0.05) is 6.54 Å². The molecule has 0 radical (unpaired) electrons. The lowest BCUT2D eigenvalue weighted by atomic mass is 9.93. The van der Waals surface area contributed by atoms with Gasteiger partial charge in [-0.05, 0) is 23.6 Å². The van der Waals surface area contributed by atoms with Crippen molar-refractivity contribution < 1.29 is 18.7 Å². The van der Waals surface area contributed by atoms with Crippen LogP contribution in [0.5, 0.6) is 0 Å². The molecule has 0 unspecified atom stereocenters. The molecule has 120 valence electrons. The summed E-state index contributed by atoms with van der Waals surface area (Å²) < 4.78 is 10.2. The van der Waals surface area contributed by atoms with Gasteiger partial charge in [0.1, 0.15) is 11.3 Å². The molecule has 2 heterocycles. The maximum absolute atomic E-state index is 11.8. The third-order valence-corrected chi connectivity index (χ3v) is 4.17. The summed E-state index contributed by atoms with van der Waals surface area (Å²) in [5, 5.41) is 0. The van der Waals surface area contributed by atoms with Crippen LogP contribution in [0.15, 0.2) is 41.0 Å². The monoisotopic (exact) mass is 314 g/mol. The summed E-state index contributed by atoms with van der Waals surface area (Å²) in [5.41, 5.74) is 8.21. The van der Waals surface area contributed by atoms with Crippen molar-refractivity contribution in [1.29, 1.82) is 0 Å². The molecule has 0 bridgehead atoms. The Balaban J connectivity index is 1.88. The van der Waals surface area contributed by atoms with Crippen LogP contribution >= 0.6 is 0 Å². The maximum Gasteiger partial charge on any atom is 0.341 e. The fourth-order valence-corrected chi connectivity index (χ4v) is 2.96. The van der Waals surface area contributed by atoms with E-state index in [9.17, 15) is 9.59 Å². The number of methoxy groups -OCH3 is 1. The number of rotatable bonds is 4. The Kier molecular flexibility index (Phi) is 4.16. The summed E-state index contributed by atoms with van der Waals surface area (Å²) in [7, 11) is 1.32. The molecule has 23 heavy (non-hydrogen) atoms. The first kappa shape index (κ1) is 15.3. The summed E-state index contributed by atoms with van der Waals surface area (Å²) in [6.07, 6.45) is 2.00. The van der Waals surface area contributed by atoms with Gasteiger partial charge in [-0.2, -0.15) is 0 Å². The number of ether oxygens (including phenoxy) is 1. The van der Waals surface area contributed by atoms with Gasteiger partial charge >= 0.3 is 5.97 Å². The average Bonchev–Trinajstić information content (AvgIpc) is 3.01. The summed E-state index contributed by atoms with van der Waals surface area (Å²) in [6.45, 7) is 0.893. The van der Waals surface area contributed by atoms with Crippen molar-refractivity contribution in [3.05, 3.63) is 59.0 Å². The number of fused-ring (bicyclic) bond motifs is 1. The molecule has 1 amide bonds. The third-order valence-electron chi connectivity index (χ3n) is 4.17. The van der Waals surface area contributed by atoms with E-state index in [1.807, 2.05) is 29.2 Å². The second-order valence-corrected chi connectivity index (χ2v) is 5.55. The first-order valence-corrected chi connectivity index (χ1v) is 7.35. The van der Waals surface area contributed by atoms with E-state index in [4.69, 9.17) is 14.9 Å². The smallest absolute Gasteiger partial charge is 0.341 e. The van der Waals surface area contributed by atoms with Crippen LogP contribution in [0.2, 0.25) is 0 Å². The third kappa shape index (κ3) is 2.98. The number of carbonyl (C=O) groups is 2. The fourth-order valence-electron chi connectivity index (χ4n) is 2.96. The molecule has 0 saturated carbocycles. The number of carbonyl (C=O) groups excluding carboxylic acids is 2. The number of hydrogen-bond acceptors (Lipinski definition) is 5. The number of nitrogens with zero attached hydrogens (tertiary/aromatic N) is 1. The van der Waals surface area contributed by atoms with Crippen molar-refractivity contribution in [1.82, 2.24) is 4.90 Å². The molecule has 2 N–H and O–H groups in total. The molecule has 6 heteroatoms. The number of hydrogen-bond donors (Lipinski definition) is 1. The van der Waals surface area contributed by atoms with Gasteiger partial charge in [-0.1, -0.05) is 24.3 Å². The van der Waals surface area contributed by atoms with Gasteiger partial charge in [0.15, 0.2) is 0 Å². The maximum atomic E-state index is 11.8. The van der Waals surface area contributed by atoms with Gasteiger partial charge in [-0.3, -0.25) is 9.69 Å². The second-order valence-electron chi connectivity index (χ2n) is 5.55. The van der Waals surface area contributed by atoms with Crippen molar-refractivity contribution >= 4 is 11.9 Å². The molecule has 1 aliphatic rings. The molecular formula is C17H18N2O4. The molecule has 1 aromatic carbocycles. The Bertz CT molecular complexity index is 738. The molecule has 0 spiro atoms. The quantitative estimate of drug-likeness (QED) is 0.864. The van der Waals surface area contributed by atoms with E-state index in [1.165, 1.54) is 13.4 Å². The highest BCUT2D eigenvalue weighted by atomic mass is 16.5. The Labute approximate surface area is 133 Å². The number of primary amides is 1. The SMILES string of the molecule is COC(=O)c1ccoc1CN1Cc2ccccc2C[C@@H]1C(N)=O. The van der Waals surface area contributed by atoms with Gasteiger partial charge in [-0.15, -0.1) is 0 Å². The zero-order valence-corrected chi connectivity index (χ0v) is 12.8. The summed E-state index contributed by atoms with van der Waals surface area (Å²) >= 11 is 0. The highest BCUT2D eigenvalue weighted by molar-refractivity contribution is 5.90. The first-order chi connectivity index (χ1) is 11.1. The van der Waals surface area contributed by atoms with Crippen LogP contribution in [0.3, 0.4) is 0 Å². The summed E-state index contributed by atoms with van der Waals surface area (Å²) in [4.78, 5) is 25.5. The Morgan fingerprint density at radius 2 is 2.04 bits per heavy atom. The number of nitrogens with two attached hydrogens (primary N) is 1. The number of amides is 1. The minimum absolute atomic E-state index is 0.319. The van der Waals surface area contributed by atoms with Crippen molar-refractivity contribution in [2.45, 2.75) is 25.6 Å². The normalized spacial score (nSPS) is 17.5. The highest BCUT2D eigenvalue weighted by Crippen LogP contribution is 2.26. The van der Waals surface area contributed by atoms with Gasteiger partial charge in [0.25, 0.3) is 0 Å². The largest absolute Gasteiger partial charge is 0.467 e. The van der Waals surface area contributed by atoms with E-state index in [0.29, 0.717) is 30.8 Å². The molecule has 3 rings (SSSR count). The van der Waals surface area contributed by atoms with E-state index in [1.54, 1.807) is 6.07 Å². The van der Waals surface area contributed by atoms with E-state index in [0.717, 1.165) is 11.1 Å². The molecule has 1 atom stereocenters. The molecule has 1 aromatic heterocycles. The second kappa shape index (κ2) is 6.26. The first-order valence-electron chi connectivity index (χ1n) is 7.35. The zero-order valence-electron chi connectivity index (χ0n) is 12.8. The van der Waals surface area contributed by atoms with Gasteiger partial charge in [-0.25, -0.2) is 4.79 Å². The highest BCUT2D eigenvalue weighted by Gasteiger charge is 2.31. The summed E-state index contributed by atoms with van der Waals surface area (Å²) in [5.74, 6) is -0.366. The molecule has 0 fully saturated rings. The van der Waals surface area contributed by atoms with Crippen molar-refractivity contribution in [2.75, 3.05) is 7.11 Å². The number of esters is 1. The van der Waals surface area contributed by atoms with Gasteiger partial charge in [0.05, 0.1) is 26.0 Å². The van der Waals surface area contributed by atoms with Gasteiger partial charge < -0.3 is 14.9 Å². The van der Waals surface area contributed by atoms with Crippen LogP contribution in [0.4, 0.5) is 0 Å². The molecule has 0 saturated heterocycles. The van der Waals surface area contributed by atoms with E-state index in [-0.39, 0.29) is 5.91 Å². The predicted octanol–water partition coefficient (Wildman–Crippen LogP) is 1.48. The predicted molar refractivity (Wildman–Crippen MR) is 82.4 cm³/mol. The number of furan rings is 1. The van der Waals surface area contributed by atoms with Crippen LogP contribution in [0.25, 0.3) is 0 Å². The van der Waals surface area contributed by atoms with Crippen LogP contribution in [0, 0.1) is 0 Å². The van der Waals surface area contributed by atoms with Crippen LogP contribution in [0.1, 0.15) is 27.2 Å². The van der Waals surface area contributed by atoms with Crippen molar-refractivity contribution in [3.63, 3.8) is 0 Å². The van der Waals surface area contributed by atoms with Crippen LogP contribution in [-0.2, 0) is 29.0 Å². The lowest BCUT2D eigenvalue weighted by Gasteiger charge is -2.34. The minimum atomic E-state index is -0.457. The topological polar surface area (TPSA) is 85.8 Å². The summed E-state index contributed by atoms with van der Waals surface area (Å²) in [6, 6.07) is 9.10. The lowest BCUT2D eigenvalue weighted by Crippen LogP contribution is -2.48. The van der Waals surface area contributed by atoms with E-state index >= 15 is 0 Å². The Hall–Kier alpha value is -2.60. The average molecular weight is 314 g/mol.